The van der Waals surface area contributed by atoms with Crippen LogP contribution in [0.5, 0.6) is 11.5 Å². The summed E-state index contributed by atoms with van der Waals surface area (Å²) in [5.74, 6) is 1.58. The van der Waals surface area contributed by atoms with E-state index in [0.717, 1.165) is 108 Å². The predicted molar refractivity (Wildman–Crippen MR) is 338 cm³/mol. The highest BCUT2D eigenvalue weighted by Crippen LogP contribution is 2.74. The van der Waals surface area contributed by atoms with Crippen LogP contribution < -0.4 is 40.9 Å². The van der Waals surface area contributed by atoms with Gasteiger partial charge in [0.25, 0.3) is 0 Å². The second-order valence-electron chi connectivity index (χ2n) is 21.2. The first-order valence-corrected chi connectivity index (χ1v) is 31.9. The maximum atomic E-state index is 17.5. The molecule has 0 radical (unpaired) electrons. The van der Waals surface area contributed by atoms with Crippen LogP contribution in [0.25, 0.3) is 21.7 Å². The van der Waals surface area contributed by atoms with Crippen molar-refractivity contribution in [3.8, 4) is 11.5 Å². The number of allylic oxidation sites excluding steroid dienone is 1. The number of rotatable bonds is 18. The summed E-state index contributed by atoms with van der Waals surface area (Å²) in [6.07, 6.45) is 3.04. The van der Waals surface area contributed by atoms with Gasteiger partial charge in [-0.2, -0.15) is 0 Å². The van der Waals surface area contributed by atoms with E-state index >= 15 is 4.57 Å². The Labute approximate surface area is 475 Å². The van der Waals surface area contributed by atoms with Gasteiger partial charge in [-0.15, -0.1) is 0 Å². The second-order valence-corrected chi connectivity index (χ2v) is 27.5. The number of benzene rings is 11. The van der Waals surface area contributed by atoms with Gasteiger partial charge < -0.3 is 23.7 Å². The Hall–Kier alpha value is -8.56. The maximum absolute atomic E-state index is 17.5. The van der Waals surface area contributed by atoms with Crippen molar-refractivity contribution in [1.29, 1.82) is 0 Å². The SMILES string of the molecule is O=P1(c2ccccc2)C2=C(c3ccc4ccccc4c31)C(c1ccc(OCCCC[P+](c3ccccc3)(c3ccccc3)c3ccccc3)cc1)(c1ccc(OCC3CO3)cc1)c1cc(N(c3ccccc3)c3ccccc3)ccc12. The van der Waals surface area contributed by atoms with Gasteiger partial charge in [0.2, 0.25) is 0 Å². The average molecular weight is 1090 g/mol. The zero-order valence-electron chi connectivity index (χ0n) is 44.9. The second kappa shape index (κ2) is 21.5. The highest BCUT2D eigenvalue weighted by molar-refractivity contribution is 7.95. The number of epoxide rings is 1. The molecule has 14 rings (SSSR count). The van der Waals surface area contributed by atoms with Gasteiger partial charge in [0.05, 0.1) is 24.8 Å². The molecule has 0 spiro atoms. The summed E-state index contributed by atoms with van der Waals surface area (Å²) >= 11 is 0. The number of para-hydroxylation sites is 2. The topological polar surface area (TPSA) is 51.3 Å². The Morgan fingerprint density at radius 2 is 0.988 bits per heavy atom. The van der Waals surface area contributed by atoms with Crippen LogP contribution in [-0.4, -0.2) is 32.1 Å². The molecule has 3 aliphatic rings. The number of unbranched alkanes of at least 4 members (excludes halogenated alkanes) is 1. The fourth-order valence-electron chi connectivity index (χ4n) is 12.9. The van der Waals surface area contributed by atoms with Crippen molar-refractivity contribution in [2.75, 3.05) is 30.9 Å². The van der Waals surface area contributed by atoms with Crippen LogP contribution in [0.15, 0.2) is 285 Å². The third-order valence-corrected chi connectivity index (χ3v) is 24.4. The number of hydrogen-bond acceptors (Lipinski definition) is 5. The first-order chi connectivity index (χ1) is 40.0. The van der Waals surface area contributed by atoms with Crippen LogP contribution in [0.2, 0.25) is 0 Å². The number of anilines is 3. The number of fused-ring (bicyclic) bond motifs is 6. The fraction of sp³-hybridized carbons (Fsp3) is 0.108. The van der Waals surface area contributed by atoms with Gasteiger partial charge in [-0.05, 0) is 154 Å². The standard InChI is InChI=1S/C74H60NO4P2/c76-81(66-34-17-6-18-35-66)72-67-36-20-19-23-54(67)37-47-69(72)71-73(81)68-48-42-59(75(57-24-7-1-8-25-57)58-26-9-2-10-27-58)51-70(68)74(71,56-40-45-61(46-41-56)78-52-62-53-79-62)55-38-43-60(44-39-55)77-49-21-22-50-80(63-28-11-3-12-29-63,64-30-13-4-14-31-64)65-32-15-5-16-33-65/h1-20,23-48,51,62H,21-22,49-50,52-53H2/q+1. The average Bonchev–Trinajstić information content (AvgIpc) is 4.47. The molecule has 3 atom stereocenters. The molecular weight excluding hydrogens is 1030 g/mol. The lowest BCUT2D eigenvalue weighted by Crippen LogP contribution is -2.33. The summed E-state index contributed by atoms with van der Waals surface area (Å²) < 4.78 is 36.1. The van der Waals surface area contributed by atoms with Crippen molar-refractivity contribution < 1.29 is 18.8 Å². The Morgan fingerprint density at radius 1 is 0.494 bits per heavy atom. The summed E-state index contributed by atoms with van der Waals surface area (Å²) in [4.78, 5) is 2.33. The molecule has 1 fully saturated rings. The maximum Gasteiger partial charge on any atom is 0.173 e. The molecule has 1 saturated heterocycles. The smallest absolute Gasteiger partial charge is 0.173 e. The van der Waals surface area contributed by atoms with Gasteiger partial charge >= 0.3 is 0 Å². The zero-order chi connectivity index (χ0) is 54.2. The van der Waals surface area contributed by atoms with E-state index in [0.29, 0.717) is 19.8 Å². The summed E-state index contributed by atoms with van der Waals surface area (Å²) in [6, 6.07) is 102. The number of nitrogens with zero attached hydrogens (tertiary/aromatic N) is 1. The Balaban J connectivity index is 0.910. The lowest BCUT2D eigenvalue weighted by Gasteiger charge is -2.37. The molecular formula is C74H60NO4P2+. The van der Waals surface area contributed by atoms with Gasteiger partial charge in [-0.3, -0.25) is 0 Å². The highest BCUT2D eigenvalue weighted by atomic mass is 31.2. The van der Waals surface area contributed by atoms with E-state index < -0.39 is 19.8 Å². The zero-order valence-corrected chi connectivity index (χ0v) is 46.7. The summed E-state index contributed by atoms with van der Waals surface area (Å²) in [5, 5.41) is 8.86. The van der Waals surface area contributed by atoms with Crippen molar-refractivity contribution in [3.63, 3.8) is 0 Å². The third kappa shape index (κ3) is 8.84. The van der Waals surface area contributed by atoms with Gasteiger partial charge in [0.1, 0.15) is 47.4 Å². The predicted octanol–water partition coefficient (Wildman–Crippen LogP) is 15.8. The van der Waals surface area contributed by atoms with E-state index in [1.807, 2.05) is 18.2 Å². The van der Waals surface area contributed by atoms with Crippen LogP contribution >= 0.6 is 14.4 Å². The van der Waals surface area contributed by atoms with Gasteiger partial charge in [0.15, 0.2) is 7.14 Å². The molecule has 81 heavy (non-hydrogen) atoms. The monoisotopic (exact) mass is 1090 g/mol. The van der Waals surface area contributed by atoms with Crippen molar-refractivity contribution in [1.82, 2.24) is 0 Å². The highest BCUT2D eigenvalue weighted by Gasteiger charge is 2.58. The normalized spacial score (nSPS) is 17.8. The Kier molecular flexibility index (Phi) is 13.4. The summed E-state index contributed by atoms with van der Waals surface area (Å²) in [7, 11) is -5.57. The minimum Gasteiger partial charge on any atom is -0.494 e. The molecule has 5 nitrogen and oxygen atoms in total. The van der Waals surface area contributed by atoms with E-state index in [4.69, 9.17) is 14.2 Å². The van der Waals surface area contributed by atoms with E-state index in [1.54, 1.807) is 0 Å². The molecule has 7 heteroatoms. The van der Waals surface area contributed by atoms with E-state index in [1.165, 1.54) is 15.9 Å². The summed E-state index contributed by atoms with van der Waals surface area (Å²) in [6.45, 7) is 1.79. The van der Waals surface area contributed by atoms with Crippen LogP contribution in [0, 0.1) is 0 Å². The van der Waals surface area contributed by atoms with Gasteiger partial charge in [-0.1, -0.05) is 188 Å². The largest absolute Gasteiger partial charge is 0.494 e. The first kappa shape index (κ1) is 50.6. The minimum atomic E-state index is -3.59. The minimum absolute atomic E-state index is 0.117. The van der Waals surface area contributed by atoms with Gasteiger partial charge in [0, 0.05) is 33.0 Å². The lowest BCUT2D eigenvalue weighted by molar-refractivity contribution is 0.263. The van der Waals surface area contributed by atoms with E-state index in [-0.39, 0.29) is 6.10 Å². The molecule has 0 amide bonds. The van der Waals surface area contributed by atoms with Crippen molar-refractivity contribution in [3.05, 3.63) is 313 Å². The molecule has 2 aliphatic heterocycles. The molecule has 3 unspecified atom stereocenters. The van der Waals surface area contributed by atoms with Gasteiger partial charge in [-0.25, -0.2) is 0 Å². The Morgan fingerprint density at radius 3 is 1.54 bits per heavy atom. The van der Waals surface area contributed by atoms with Crippen LogP contribution in [-0.2, 0) is 14.7 Å². The molecule has 11 aromatic rings. The van der Waals surface area contributed by atoms with Crippen molar-refractivity contribution in [2.45, 2.75) is 24.4 Å². The van der Waals surface area contributed by atoms with E-state index in [2.05, 4.69) is 272 Å². The molecule has 1 aliphatic carbocycles. The van der Waals surface area contributed by atoms with Crippen LogP contribution in [0.3, 0.4) is 0 Å². The molecule has 0 bridgehead atoms. The van der Waals surface area contributed by atoms with Crippen molar-refractivity contribution >= 4 is 79.6 Å². The summed E-state index contributed by atoms with van der Waals surface area (Å²) in [5.41, 5.74) is 8.29. The van der Waals surface area contributed by atoms with Crippen molar-refractivity contribution in [2.24, 2.45) is 0 Å². The first-order valence-electron chi connectivity index (χ1n) is 28.2. The van der Waals surface area contributed by atoms with Crippen LogP contribution in [0.1, 0.15) is 40.7 Å². The molecule has 0 N–H and O–H groups in total. The molecule has 0 aromatic heterocycles. The molecule has 2 heterocycles. The number of ether oxygens (including phenoxy) is 3. The number of hydrogen-bond donors (Lipinski definition) is 0. The molecule has 11 aromatic carbocycles. The quantitative estimate of drug-likeness (QED) is 0.0487. The third-order valence-electron chi connectivity index (χ3n) is 16.6. The lowest BCUT2D eigenvalue weighted by atomic mass is 9.65. The molecule has 0 saturated carbocycles. The van der Waals surface area contributed by atoms with Crippen LogP contribution in [0.4, 0.5) is 17.1 Å². The Bertz CT molecular complexity index is 3970. The van der Waals surface area contributed by atoms with E-state index in [9.17, 15) is 0 Å². The fourth-order valence-corrected chi connectivity index (χ4v) is 20.9. The molecule has 394 valence electrons.